The smallest absolute Gasteiger partial charge is 0.0475 e. The molecule has 0 saturated carbocycles. The van der Waals surface area contributed by atoms with Gasteiger partial charge in [-0.1, -0.05) is 34.1 Å². The molecule has 1 aromatic rings. The van der Waals surface area contributed by atoms with E-state index in [0.717, 1.165) is 4.47 Å². The van der Waals surface area contributed by atoms with Crippen LogP contribution in [0.25, 0.3) is 0 Å². The topological polar surface area (TPSA) is 29.3 Å². The van der Waals surface area contributed by atoms with Gasteiger partial charge in [0.25, 0.3) is 0 Å². The Hall–Kier alpha value is -0.380. The fourth-order valence-corrected chi connectivity index (χ4v) is 1.91. The Morgan fingerprint density at radius 3 is 2.46 bits per heavy atom. The Bertz CT molecular complexity index is 273. The van der Waals surface area contributed by atoms with Gasteiger partial charge in [-0.05, 0) is 25.7 Å². The number of likely N-dealkylation sites (N-methyl/N-ethyl adjacent to an activating group) is 1. The average Bonchev–Trinajstić information content (AvgIpc) is 2.09. The van der Waals surface area contributed by atoms with E-state index in [-0.39, 0.29) is 6.04 Å². The minimum absolute atomic E-state index is 0.288. The molecule has 0 fully saturated rings. The third-order valence-corrected chi connectivity index (χ3v) is 2.83. The maximum Gasteiger partial charge on any atom is 0.0475 e. The Morgan fingerprint density at radius 1 is 1.38 bits per heavy atom. The normalized spacial score (nSPS) is 13.3. The van der Waals surface area contributed by atoms with Crippen LogP contribution in [0.1, 0.15) is 11.6 Å². The summed E-state index contributed by atoms with van der Waals surface area (Å²) in [5.74, 6) is 0. The predicted octanol–water partition coefficient (Wildman–Crippen LogP) is 2.01. The van der Waals surface area contributed by atoms with E-state index in [4.69, 9.17) is 5.73 Å². The number of halogens is 1. The molecule has 0 aromatic heterocycles. The molecule has 0 amide bonds. The van der Waals surface area contributed by atoms with Gasteiger partial charge >= 0.3 is 0 Å². The average molecular weight is 243 g/mol. The quantitative estimate of drug-likeness (QED) is 0.879. The lowest BCUT2D eigenvalue weighted by molar-refractivity contribution is 0.305. The Kier molecular flexibility index (Phi) is 3.90. The van der Waals surface area contributed by atoms with Gasteiger partial charge in [-0.3, -0.25) is 0 Å². The SMILES string of the molecule is CN(C)[C@H](CN)c1ccccc1Br. The molecule has 0 radical (unpaired) electrons. The van der Waals surface area contributed by atoms with Crippen LogP contribution < -0.4 is 5.73 Å². The molecule has 72 valence electrons. The summed E-state index contributed by atoms with van der Waals surface area (Å²) in [6, 6.07) is 8.47. The maximum absolute atomic E-state index is 5.71. The van der Waals surface area contributed by atoms with Crippen LogP contribution in [0.15, 0.2) is 28.7 Å². The summed E-state index contributed by atoms with van der Waals surface area (Å²) in [5.41, 5.74) is 6.96. The summed E-state index contributed by atoms with van der Waals surface area (Å²) >= 11 is 3.52. The fraction of sp³-hybridized carbons (Fsp3) is 0.400. The first-order valence-corrected chi connectivity index (χ1v) is 5.07. The first-order valence-electron chi connectivity index (χ1n) is 4.27. The van der Waals surface area contributed by atoms with Gasteiger partial charge in [0, 0.05) is 17.1 Å². The van der Waals surface area contributed by atoms with Gasteiger partial charge in [0.05, 0.1) is 0 Å². The van der Waals surface area contributed by atoms with Crippen molar-refractivity contribution in [2.24, 2.45) is 5.73 Å². The highest BCUT2D eigenvalue weighted by Gasteiger charge is 2.13. The Morgan fingerprint density at radius 2 is 2.00 bits per heavy atom. The van der Waals surface area contributed by atoms with E-state index in [1.54, 1.807) is 0 Å². The van der Waals surface area contributed by atoms with Crippen molar-refractivity contribution in [2.75, 3.05) is 20.6 Å². The van der Waals surface area contributed by atoms with Crippen LogP contribution in [-0.4, -0.2) is 25.5 Å². The van der Waals surface area contributed by atoms with Crippen molar-refractivity contribution in [3.8, 4) is 0 Å². The zero-order valence-electron chi connectivity index (χ0n) is 8.00. The van der Waals surface area contributed by atoms with Gasteiger partial charge in [-0.15, -0.1) is 0 Å². The van der Waals surface area contributed by atoms with Crippen molar-refractivity contribution >= 4 is 15.9 Å². The van der Waals surface area contributed by atoms with E-state index >= 15 is 0 Å². The summed E-state index contributed by atoms with van der Waals surface area (Å²) in [6.07, 6.45) is 0. The lowest BCUT2D eigenvalue weighted by Gasteiger charge is -2.23. The van der Waals surface area contributed by atoms with Crippen molar-refractivity contribution < 1.29 is 0 Å². The number of benzene rings is 1. The van der Waals surface area contributed by atoms with Gasteiger partial charge in [-0.25, -0.2) is 0 Å². The third-order valence-electron chi connectivity index (χ3n) is 2.11. The van der Waals surface area contributed by atoms with Crippen LogP contribution in [0.2, 0.25) is 0 Å². The molecule has 2 N–H and O–H groups in total. The minimum atomic E-state index is 0.288. The minimum Gasteiger partial charge on any atom is -0.329 e. The van der Waals surface area contributed by atoms with Gasteiger partial charge < -0.3 is 10.6 Å². The number of hydrogen-bond donors (Lipinski definition) is 1. The fourth-order valence-electron chi connectivity index (χ4n) is 1.36. The number of rotatable bonds is 3. The molecule has 1 rings (SSSR count). The maximum atomic E-state index is 5.71. The summed E-state index contributed by atoms with van der Waals surface area (Å²) < 4.78 is 1.12. The number of nitrogens with zero attached hydrogens (tertiary/aromatic N) is 1. The highest BCUT2D eigenvalue weighted by Crippen LogP contribution is 2.25. The predicted molar refractivity (Wildman–Crippen MR) is 59.6 cm³/mol. The Balaban J connectivity index is 2.97. The third kappa shape index (κ3) is 2.53. The van der Waals surface area contributed by atoms with Gasteiger partial charge in [-0.2, -0.15) is 0 Å². The lowest BCUT2D eigenvalue weighted by Crippen LogP contribution is -2.27. The van der Waals surface area contributed by atoms with Crippen LogP contribution in [-0.2, 0) is 0 Å². The van der Waals surface area contributed by atoms with Gasteiger partial charge in [0.1, 0.15) is 0 Å². The molecule has 0 spiro atoms. The molecular weight excluding hydrogens is 228 g/mol. The molecule has 0 unspecified atom stereocenters. The molecule has 0 saturated heterocycles. The zero-order chi connectivity index (χ0) is 9.84. The second-order valence-electron chi connectivity index (χ2n) is 3.24. The molecule has 0 aliphatic heterocycles. The van der Waals surface area contributed by atoms with E-state index in [2.05, 4.69) is 26.9 Å². The van der Waals surface area contributed by atoms with Crippen molar-refractivity contribution in [2.45, 2.75) is 6.04 Å². The zero-order valence-corrected chi connectivity index (χ0v) is 9.58. The molecule has 2 nitrogen and oxygen atoms in total. The van der Waals surface area contributed by atoms with Crippen LogP contribution in [0.4, 0.5) is 0 Å². The van der Waals surface area contributed by atoms with E-state index in [9.17, 15) is 0 Å². The molecule has 1 atom stereocenters. The summed E-state index contributed by atoms with van der Waals surface area (Å²) in [6.45, 7) is 0.635. The van der Waals surface area contributed by atoms with Crippen LogP contribution in [0.3, 0.4) is 0 Å². The molecule has 1 aromatic carbocycles. The Labute approximate surface area is 87.9 Å². The first kappa shape index (κ1) is 10.7. The highest BCUT2D eigenvalue weighted by atomic mass is 79.9. The lowest BCUT2D eigenvalue weighted by atomic mass is 10.1. The monoisotopic (exact) mass is 242 g/mol. The van der Waals surface area contributed by atoms with Crippen LogP contribution >= 0.6 is 15.9 Å². The van der Waals surface area contributed by atoms with Crippen molar-refractivity contribution in [3.63, 3.8) is 0 Å². The summed E-state index contributed by atoms with van der Waals surface area (Å²) in [5, 5.41) is 0. The summed E-state index contributed by atoms with van der Waals surface area (Å²) in [7, 11) is 4.08. The molecule has 0 aliphatic carbocycles. The van der Waals surface area contributed by atoms with E-state index in [0.29, 0.717) is 6.54 Å². The molecule has 0 bridgehead atoms. The standard InChI is InChI=1S/C10H15BrN2/c1-13(2)10(7-12)8-5-3-4-6-9(8)11/h3-6,10H,7,12H2,1-2H3/t10-/m1/s1. The van der Waals surface area contributed by atoms with Gasteiger partial charge in [0.2, 0.25) is 0 Å². The largest absolute Gasteiger partial charge is 0.329 e. The second kappa shape index (κ2) is 4.74. The molecular formula is C10H15BrN2. The van der Waals surface area contributed by atoms with E-state index in [1.807, 2.05) is 32.3 Å². The van der Waals surface area contributed by atoms with E-state index < -0.39 is 0 Å². The summed E-state index contributed by atoms with van der Waals surface area (Å²) in [4.78, 5) is 2.13. The highest BCUT2D eigenvalue weighted by molar-refractivity contribution is 9.10. The van der Waals surface area contributed by atoms with Gasteiger partial charge in [0.15, 0.2) is 0 Å². The molecule has 13 heavy (non-hydrogen) atoms. The van der Waals surface area contributed by atoms with E-state index in [1.165, 1.54) is 5.56 Å². The van der Waals surface area contributed by atoms with Crippen LogP contribution in [0, 0.1) is 0 Å². The molecule has 3 heteroatoms. The van der Waals surface area contributed by atoms with Crippen molar-refractivity contribution in [1.29, 1.82) is 0 Å². The van der Waals surface area contributed by atoms with Crippen LogP contribution in [0.5, 0.6) is 0 Å². The molecule has 0 heterocycles. The van der Waals surface area contributed by atoms with Crippen molar-refractivity contribution in [1.82, 2.24) is 4.90 Å². The number of hydrogen-bond acceptors (Lipinski definition) is 2. The first-order chi connectivity index (χ1) is 6.16. The molecule has 0 aliphatic rings. The second-order valence-corrected chi connectivity index (χ2v) is 4.09. The van der Waals surface area contributed by atoms with Crippen molar-refractivity contribution in [3.05, 3.63) is 34.3 Å². The number of nitrogens with two attached hydrogens (primary N) is 1.